The van der Waals surface area contributed by atoms with Crippen molar-refractivity contribution in [3.05, 3.63) is 77.9 Å². The Hall–Kier alpha value is -2.92. The van der Waals surface area contributed by atoms with E-state index in [0.29, 0.717) is 13.1 Å². The van der Waals surface area contributed by atoms with Gasteiger partial charge in [0.25, 0.3) is 0 Å². The largest absolute Gasteiger partial charge is 0.339 e. The zero-order chi connectivity index (χ0) is 21.6. The van der Waals surface area contributed by atoms with Crippen molar-refractivity contribution in [3.63, 3.8) is 0 Å². The zero-order valence-corrected chi connectivity index (χ0v) is 18.2. The van der Waals surface area contributed by atoms with E-state index in [2.05, 4.69) is 29.0 Å². The number of piperazine rings is 1. The first kappa shape index (κ1) is 21.3. The first-order valence-electron chi connectivity index (χ1n) is 11.2. The summed E-state index contributed by atoms with van der Waals surface area (Å²) in [7, 11) is 2.12. The number of likely N-dealkylation sites (tertiary alicyclic amines) is 1. The number of nitrogens with zero attached hydrogens (tertiary/aromatic N) is 3. The molecule has 2 fully saturated rings. The lowest BCUT2D eigenvalue weighted by atomic mass is 9.92. The maximum absolute atomic E-state index is 13.4. The Morgan fingerprint density at radius 2 is 1.52 bits per heavy atom. The fourth-order valence-corrected chi connectivity index (χ4v) is 4.56. The number of benzene rings is 2. The number of carbonyl (C=O) groups is 2. The number of carbonyl (C=O) groups excluding carboxylic acids is 2. The van der Waals surface area contributed by atoms with Crippen LogP contribution in [-0.4, -0.2) is 66.3 Å². The Labute approximate surface area is 184 Å². The minimum atomic E-state index is -0.00299. The average molecular weight is 418 g/mol. The van der Waals surface area contributed by atoms with Crippen LogP contribution in [0.4, 0.5) is 0 Å². The summed E-state index contributed by atoms with van der Waals surface area (Å²) in [6.45, 7) is 3.79. The summed E-state index contributed by atoms with van der Waals surface area (Å²) in [5.41, 5.74) is 2.21. The van der Waals surface area contributed by atoms with E-state index in [1.54, 1.807) is 6.08 Å². The Morgan fingerprint density at radius 1 is 0.871 bits per heavy atom. The van der Waals surface area contributed by atoms with Crippen molar-refractivity contribution in [3.8, 4) is 0 Å². The van der Waals surface area contributed by atoms with E-state index in [4.69, 9.17) is 0 Å². The van der Waals surface area contributed by atoms with Crippen LogP contribution in [0.15, 0.2) is 66.7 Å². The van der Waals surface area contributed by atoms with Crippen LogP contribution in [0.5, 0.6) is 0 Å². The molecule has 0 saturated carbocycles. The lowest BCUT2D eigenvalue weighted by Crippen LogP contribution is -2.52. The quantitative estimate of drug-likeness (QED) is 0.716. The highest BCUT2D eigenvalue weighted by Gasteiger charge is 2.35. The highest BCUT2D eigenvalue weighted by atomic mass is 16.2. The van der Waals surface area contributed by atoms with Crippen LogP contribution in [0.1, 0.15) is 30.0 Å². The molecule has 0 N–H and O–H groups in total. The monoisotopic (exact) mass is 417 g/mol. The maximum atomic E-state index is 13.4. The molecule has 0 radical (unpaired) electrons. The van der Waals surface area contributed by atoms with E-state index in [0.717, 1.165) is 38.0 Å². The van der Waals surface area contributed by atoms with Gasteiger partial charge in [-0.2, -0.15) is 0 Å². The lowest BCUT2D eigenvalue weighted by molar-refractivity contribution is -0.143. The number of likely N-dealkylation sites (N-methyl/N-ethyl adjacent to an activating group) is 1. The van der Waals surface area contributed by atoms with E-state index in [1.807, 2.05) is 59.5 Å². The third-order valence-corrected chi connectivity index (χ3v) is 6.42. The second-order valence-corrected chi connectivity index (χ2v) is 8.56. The Bertz CT molecular complexity index is 905. The SMILES string of the molecule is CN1CCN(C(=O)C2CCN(C(=O)C=Cc3ccccc3)CC2)C(c2ccccc2)C1. The van der Waals surface area contributed by atoms with Crippen LogP contribution < -0.4 is 0 Å². The molecule has 0 aliphatic carbocycles. The second-order valence-electron chi connectivity index (χ2n) is 8.56. The van der Waals surface area contributed by atoms with Gasteiger partial charge in [0.05, 0.1) is 6.04 Å². The molecule has 2 aliphatic heterocycles. The van der Waals surface area contributed by atoms with Crippen molar-refractivity contribution in [2.45, 2.75) is 18.9 Å². The number of piperidine rings is 1. The molecule has 2 aromatic rings. The Kier molecular flexibility index (Phi) is 6.82. The van der Waals surface area contributed by atoms with Gasteiger partial charge < -0.3 is 14.7 Å². The van der Waals surface area contributed by atoms with Crippen LogP contribution in [0.2, 0.25) is 0 Å². The number of rotatable bonds is 4. The van der Waals surface area contributed by atoms with Crippen LogP contribution in [0.25, 0.3) is 6.08 Å². The standard InChI is InChI=1S/C26H31N3O2/c1-27-18-19-29(24(20-27)22-10-6-3-7-11-22)26(31)23-14-16-28(17-15-23)25(30)13-12-21-8-4-2-5-9-21/h2-13,23-24H,14-20H2,1H3. The van der Waals surface area contributed by atoms with Crippen LogP contribution in [-0.2, 0) is 9.59 Å². The van der Waals surface area contributed by atoms with Gasteiger partial charge in [-0.1, -0.05) is 60.7 Å². The number of hydrogen-bond donors (Lipinski definition) is 0. The van der Waals surface area contributed by atoms with Crippen molar-refractivity contribution in [2.24, 2.45) is 5.92 Å². The molecule has 31 heavy (non-hydrogen) atoms. The van der Waals surface area contributed by atoms with Gasteiger partial charge in [0.1, 0.15) is 0 Å². The minimum absolute atomic E-state index is 0.00299. The van der Waals surface area contributed by atoms with E-state index in [-0.39, 0.29) is 23.8 Å². The summed E-state index contributed by atoms with van der Waals surface area (Å²) in [6, 6.07) is 20.3. The Morgan fingerprint density at radius 3 is 2.19 bits per heavy atom. The van der Waals surface area contributed by atoms with Gasteiger partial charge in [-0.05, 0) is 37.1 Å². The maximum Gasteiger partial charge on any atom is 0.246 e. The molecule has 1 unspecified atom stereocenters. The third-order valence-electron chi connectivity index (χ3n) is 6.42. The second kappa shape index (κ2) is 9.92. The molecule has 162 valence electrons. The molecule has 0 bridgehead atoms. The molecule has 1 atom stereocenters. The molecular weight excluding hydrogens is 386 g/mol. The highest BCUT2D eigenvalue weighted by molar-refractivity contribution is 5.92. The molecule has 2 heterocycles. The van der Waals surface area contributed by atoms with Crippen molar-refractivity contribution < 1.29 is 9.59 Å². The zero-order valence-electron chi connectivity index (χ0n) is 18.2. The summed E-state index contributed by atoms with van der Waals surface area (Å²) in [6.07, 6.45) is 4.97. The smallest absolute Gasteiger partial charge is 0.246 e. The van der Waals surface area contributed by atoms with Gasteiger partial charge in [0.15, 0.2) is 0 Å². The van der Waals surface area contributed by atoms with Crippen molar-refractivity contribution in [1.29, 1.82) is 0 Å². The van der Waals surface area contributed by atoms with E-state index < -0.39 is 0 Å². The summed E-state index contributed by atoms with van der Waals surface area (Å²) in [4.78, 5) is 32.2. The summed E-state index contributed by atoms with van der Waals surface area (Å²) >= 11 is 0. The molecule has 0 spiro atoms. The first-order chi connectivity index (χ1) is 15.1. The van der Waals surface area contributed by atoms with Crippen molar-refractivity contribution in [2.75, 3.05) is 39.8 Å². The van der Waals surface area contributed by atoms with Gasteiger partial charge >= 0.3 is 0 Å². The lowest BCUT2D eigenvalue weighted by Gasteiger charge is -2.43. The fourth-order valence-electron chi connectivity index (χ4n) is 4.56. The molecule has 5 heteroatoms. The molecule has 4 rings (SSSR count). The van der Waals surface area contributed by atoms with Gasteiger partial charge in [-0.3, -0.25) is 9.59 Å². The normalized spacial score (nSPS) is 20.9. The van der Waals surface area contributed by atoms with Crippen LogP contribution in [0.3, 0.4) is 0 Å². The molecule has 2 aliphatic rings. The third kappa shape index (κ3) is 5.23. The molecule has 2 amide bonds. The summed E-state index contributed by atoms with van der Waals surface area (Å²) in [5, 5.41) is 0. The van der Waals surface area contributed by atoms with Crippen LogP contribution >= 0.6 is 0 Å². The molecule has 2 aromatic carbocycles. The highest BCUT2D eigenvalue weighted by Crippen LogP contribution is 2.29. The average Bonchev–Trinajstić information content (AvgIpc) is 2.83. The number of amides is 2. The first-order valence-corrected chi connectivity index (χ1v) is 11.2. The summed E-state index contributed by atoms with van der Waals surface area (Å²) < 4.78 is 0. The van der Waals surface area contributed by atoms with E-state index in [1.165, 1.54) is 5.56 Å². The predicted octanol–water partition coefficient (Wildman–Crippen LogP) is 3.45. The van der Waals surface area contributed by atoms with Crippen LogP contribution in [0, 0.1) is 5.92 Å². The fraction of sp³-hybridized carbons (Fsp3) is 0.385. The molecular formula is C26H31N3O2. The van der Waals surface area contributed by atoms with Gasteiger partial charge in [-0.25, -0.2) is 0 Å². The van der Waals surface area contributed by atoms with Gasteiger partial charge in [-0.15, -0.1) is 0 Å². The predicted molar refractivity (Wildman–Crippen MR) is 123 cm³/mol. The van der Waals surface area contributed by atoms with Gasteiger partial charge in [0.2, 0.25) is 11.8 Å². The van der Waals surface area contributed by atoms with E-state index in [9.17, 15) is 9.59 Å². The Balaban J connectivity index is 1.36. The van der Waals surface area contributed by atoms with Crippen molar-refractivity contribution in [1.82, 2.24) is 14.7 Å². The topological polar surface area (TPSA) is 43.9 Å². The van der Waals surface area contributed by atoms with Crippen molar-refractivity contribution >= 4 is 17.9 Å². The van der Waals surface area contributed by atoms with E-state index >= 15 is 0 Å². The van der Waals surface area contributed by atoms with Gasteiger partial charge in [0, 0.05) is 44.7 Å². The number of hydrogen-bond acceptors (Lipinski definition) is 3. The minimum Gasteiger partial charge on any atom is -0.339 e. The molecule has 2 saturated heterocycles. The summed E-state index contributed by atoms with van der Waals surface area (Å²) in [5.74, 6) is 0.266. The molecule has 5 nitrogen and oxygen atoms in total. The molecule has 0 aromatic heterocycles.